The Hall–Kier alpha value is -2.95. The lowest BCUT2D eigenvalue weighted by Crippen LogP contribution is -2.05. The van der Waals surface area contributed by atoms with Crippen LogP contribution in [-0.4, -0.2) is 16.7 Å². The first-order valence-corrected chi connectivity index (χ1v) is 6.82. The van der Waals surface area contributed by atoms with Crippen LogP contribution in [0.3, 0.4) is 0 Å². The van der Waals surface area contributed by atoms with Crippen molar-refractivity contribution in [3.05, 3.63) is 66.1 Å². The number of nitrogens with zero attached hydrogens (tertiary/aromatic N) is 1. The number of nitrogens with one attached hydrogen (secondary N) is 2. The van der Waals surface area contributed by atoms with Gasteiger partial charge in [-0.3, -0.25) is 14.6 Å². The van der Waals surface area contributed by atoms with Gasteiger partial charge in [0.15, 0.2) is 5.78 Å². The SMILES string of the molecule is CC(=O)Nc1ccc(N/C(C)=C\C(=O)c2cccnc2)cc1. The molecule has 2 N–H and O–H groups in total. The number of benzene rings is 1. The van der Waals surface area contributed by atoms with E-state index in [1.54, 1.807) is 30.5 Å². The Bertz CT molecular complexity index is 692. The molecule has 1 heterocycles. The number of amides is 1. The smallest absolute Gasteiger partial charge is 0.221 e. The van der Waals surface area contributed by atoms with Crippen LogP contribution in [0.1, 0.15) is 24.2 Å². The first kappa shape index (κ1) is 15.4. The van der Waals surface area contributed by atoms with Crippen LogP contribution in [0.5, 0.6) is 0 Å². The largest absolute Gasteiger partial charge is 0.359 e. The number of allylic oxidation sites excluding steroid dienone is 2. The lowest BCUT2D eigenvalue weighted by atomic mass is 10.1. The highest BCUT2D eigenvalue weighted by Gasteiger charge is 2.03. The van der Waals surface area contributed by atoms with Crippen LogP contribution in [0.2, 0.25) is 0 Å². The summed E-state index contributed by atoms with van der Waals surface area (Å²) in [4.78, 5) is 26.9. The second-order valence-corrected chi connectivity index (χ2v) is 4.82. The van der Waals surface area contributed by atoms with Crippen molar-refractivity contribution in [2.45, 2.75) is 13.8 Å². The first-order valence-electron chi connectivity index (χ1n) is 6.82. The van der Waals surface area contributed by atoms with Crippen molar-refractivity contribution in [3.8, 4) is 0 Å². The average Bonchev–Trinajstić information content (AvgIpc) is 2.49. The number of carbonyl (C=O) groups excluding carboxylic acids is 2. The molecule has 1 amide bonds. The van der Waals surface area contributed by atoms with E-state index in [1.165, 1.54) is 19.2 Å². The molecule has 2 rings (SSSR count). The van der Waals surface area contributed by atoms with E-state index in [4.69, 9.17) is 0 Å². The monoisotopic (exact) mass is 295 g/mol. The quantitative estimate of drug-likeness (QED) is 0.656. The minimum Gasteiger partial charge on any atom is -0.359 e. The molecule has 0 spiro atoms. The summed E-state index contributed by atoms with van der Waals surface area (Å²) in [6.45, 7) is 3.28. The van der Waals surface area contributed by atoms with Gasteiger partial charge in [-0.25, -0.2) is 0 Å². The minimum absolute atomic E-state index is 0.104. The van der Waals surface area contributed by atoms with Gasteiger partial charge in [-0.2, -0.15) is 0 Å². The molecule has 112 valence electrons. The van der Waals surface area contributed by atoms with Crippen LogP contribution in [-0.2, 0) is 4.79 Å². The van der Waals surface area contributed by atoms with Gasteiger partial charge < -0.3 is 10.6 Å². The van der Waals surface area contributed by atoms with Gasteiger partial charge in [-0.05, 0) is 43.3 Å². The normalized spacial score (nSPS) is 10.9. The summed E-state index contributed by atoms with van der Waals surface area (Å²) >= 11 is 0. The van der Waals surface area contributed by atoms with Gasteiger partial charge in [0.05, 0.1) is 0 Å². The summed E-state index contributed by atoms with van der Waals surface area (Å²) < 4.78 is 0. The molecular weight excluding hydrogens is 278 g/mol. The number of pyridine rings is 1. The van der Waals surface area contributed by atoms with Crippen molar-refractivity contribution in [2.24, 2.45) is 0 Å². The molecular formula is C17H17N3O2. The number of hydrogen-bond donors (Lipinski definition) is 2. The molecule has 0 saturated heterocycles. The van der Waals surface area contributed by atoms with Crippen LogP contribution >= 0.6 is 0 Å². The summed E-state index contributed by atoms with van der Waals surface area (Å²) in [7, 11) is 0. The molecule has 5 nitrogen and oxygen atoms in total. The van der Waals surface area contributed by atoms with Crippen molar-refractivity contribution in [3.63, 3.8) is 0 Å². The molecule has 1 aromatic carbocycles. The van der Waals surface area contributed by atoms with Crippen LogP contribution in [0.15, 0.2) is 60.6 Å². The van der Waals surface area contributed by atoms with Gasteiger partial charge in [0.2, 0.25) is 5.91 Å². The highest BCUT2D eigenvalue weighted by atomic mass is 16.1. The van der Waals surface area contributed by atoms with Crippen molar-refractivity contribution < 1.29 is 9.59 Å². The Morgan fingerprint density at radius 3 is 2.18 bits per heavy atom. The van der Waals surface area contributed by atoms with Crippen LogP contribution in [0.25, 0.3) is 0 Å². The molecule has 0 bridgehead atoms. The standard InChI is InChI=1S/C17H17N3O2/c1-12(10-17(22)14-4-3-9-18-11-14)19-15-5-7-16(8-6-15)20-13(2)21/h3-11,19H,1-2H3,(H,20,21)/b12-10-. The Morgan fingerprint density at radius 1 is 1.00 bits per heavy atom. The Morgan fingerprint density at radius 2 is 1.64 bits per heavy atom. The molecule has 0 radical (unpaired) electrons. The molecule has 2 aromatic rings. The van der Waals surface area contributed by atoms with Crippen LogP contribution in [0.4, 0.5) is 11.4 Å². The fraction of sp³-hybridized carbons (Fsp3) is 0.118. The summed E-state index contributed by atoms with van der Waals surface area (Å²) in [6, 6.07) is 10.7. The van der Waals surface area contributed by atoms with Crippen molar-refractivity contribution in [1.82, 2.24) is 4.98 Å². The predicted molar refractivity (Wildman–Crippen MR) is 86.7 cm³/mol. The van der Waals surface area contributed by atoms with E-state index in [1.807, 2.05) is 19.1 Å². The summed E-state index contributed by atoms with van der Waals surface area (Å²) in [5.74, 6) is -0.216. The van der Waals surface area contributed by atoms with Gasteiger partial charge >= 0.3 is 0 Å². The number of hydrogen-bond acceptors (Lipinski definition) is 4. The van der Waals surface area contributed by atoms with Crippen LogP contribution in [0, 0.1) is 0 Å². The molecule has 0 saturated carbocycles. The Balaban J connectivity index is 2.02. The van der Waals surface area contributed by atoms with Gasteiger partial charge in [0.1, 0.15) is 0 Å². The Labute approximate surface area is 129 Å². The molecule has 0 unspecified atom stereocenters. The summed E-state index contributed by atoms with van der Waals surface area (Å²) in [6.07, 6.45) is 4.69. The summed E-state index contributed by atoms with van der Waals surface area (Å²) in [5.41, 5.74) is 2.83. The third-order valence-corrected chi connectivity index (χ3v) is 2.84. The molecule has 22 heavy (non-hydrogen) atoms. The van der Waals surface area contributed by atoms with Gasteiger partial charge in [-0.1, -0.05) is 0 Å². The van der Waals surface area contributed by atoms with E-state index in [9.17, 15) is 9.59 Å². The van der Waals surface area contributed by atoms with Crippen molar-refractivity contribution in [1.29, 1.82) is 0 Å². The topological polar surface area (TPSA) is 71.1 Å². The highest BCUT2D eigenvalue weighted by Crippen LogP contribution is 2.15. The Kier molecular flexibility index (Phi) is 5.03. The number of anilines is 2. The van der Waals surface area contributed by atoms with E-state index in [2.05, 4.69) is 15.6 Å². The molecule has 0 fully saturated rings. The maximum absolute atomic E-state index is 12.0. The minimum atomic E-state index is -0.112. The van der Waals surface area contributed by atoms with Gasteiger partial charge in [-0.15, -0.1) is 0 Å². The molecule has 5 heteroatoms. The molecule has 0 atom stereocenters. The fourth-order valence-corrected chi connectivity index (χ4v) is 1.89. The second-order valence-electron chi connectivity index (χ2n) is 4.82. The van der Waals surface area contributed by atoms with E-state index in [-0.39, 0.29) is 11.7 Å². The summed E-state index contributed by atoms with van der Waals surface area (Å²) in [5, 5.41) is 5.83. The lowest BCUT2D eigenvalue weighted by molar-refractivity contribution is -0.114. The zero-order valence-corrected chi connectivity index (χ0v) is 12.5. The first-order chi connectivity index (χ1) is 10.5. The van der Waals surface area contributed by atoms with E-state index in [0.717, 1.165) is 17.1 Å². The molecule has 0 aliphatic carbocycles. The van der Waals surface area contributed by atoms with E-state index in [0.29, 0.717) is 5.56 Å². The zero-order chi connectivity index (χ0) is 15.9. The second kappa shape index (κ2) is 7.17. The predicted octanol–water partition coefficient (Wildman–Crippen LogP) is 3.24. The fourth-order valence-electron chi connectivity index (χ4n) is 1.89. The molecule has 1 aromatic heterocycles. The van der Waals surface area contributed by atoms with E-state index < -0.39 is 0 Å². The van der Waals surface area contributed by atoms with Gasteiger partial charge in [0, 0.05) is 48.0 Å². The lowest BCUT2D eigenvalue weighted by Gasteiger charge is -2.08. The average molecular weight is 295 g/mol. The highest BCUT2D eigenvalue weighted by molar-refractivity contribution is 6.04. The number of aromatic nitrogens is 1. The van der Waals surface area contributed by atoms with Crippen LogP contribution < -0.4 is 10.6 Å². The maximum atomic E-state index is 12.0. The zero-order valence-electron chi connectivity index (χ0n) is 12.5. The molecule has 0 aliphatic rings. The van der Waals surface area contributed by atoms with Crippen molar-refractivity contribution >= 4 is 23.1 Å². The van der Waals surface area contributed by atoms with Gasteiger partial charge in [0.25, 0.3) is 0 Å². The number of rotatable bonds is 5. The third-order valence-electron chi connectivity index (χ3n) is 2.84. The third kappa shape index (κ3) is 4.56. The number of carbonyl (C=O) groups is 2. The van der Waals surface area contributed by atoms with Crippen molar-refractivity contribution in [2.75, 3.05) is 10.6 Å². The molecule has 0 aliphatic heterocycles. The van der Waals surface area contributed by atoms with E-state index >= 15 is 0 Å². The number of ketones is 1. The maximum Gasteiger partial charge on any atom is 0.221 e.